The summed E-state index contributed by atoms with van der Waals surface area (Å²) in [6, 6.07) is 9.77. The monoisotopic (exact) mass is 297 g/mol. The lowest BCUT2D eigenvalue weighted by atomic mass is 9.99. The van der Waals surface area contributed by atoms with Crippen molar-refractivity contribution in [1.29, 1.82) is 0 Å². The maximum atomic E-state index is 5.96. The summed E-state index contributed by atoms with van der Waals surface area (Å²) < 4.78 is 5.43. The first-order valence-corrected chi connectivity index (χ1v) is 7.93. The number of thiophene rings is 1. The third-order valence-electron chi connectivity index (χ3n) is 3.84. The summed E-state index contributed by atoms with van der Waals surface area (Å²) in [5, 5.41) is 4.07. The molecule has 1 aliphatic rings. The molecule has 0 saturated carbocycles. The van der Waals surface area contributed by atoms with Gasteiger partial charge in [0, 0.05) is 16.1 Å². The fourth-order valence-electron chi connectivity index (χ4n) is 2.73. The number of rotatable bonds is 2. The van der Waals surface area contributed by atoms with Crippen molar-refractivity contribution in [1.82, 2.24) is 10.1 Å². The van der Waals surface area contributed by atoms with Gasteiger partial charge in [0.05, 0.1) is 4.88 Å². The second kappa shape index (κ2) is 5.00. The largest absolute Gasteiger partial charge is 0.398 e. The molecule has 0 atom stereocenters. The van der Waals surface area contributed by atoms with Gasteiger partial charge in [0.25, 0.3) is 5.89 Å². The highest BCUT2D eigenvalue weighted by atomic mass is 32.1. The van der Waals surface area contributed by atoms with E-state index in [9.17, 15) is 0 Å². The number of nitrogens with zero attached hydrogens (tertiary/aromatic N) is 2. The summed E-state index contributed by atoms with van der Waals surface area (Å²) >= 11 is 1.77. The fourth-order valence-corrected chi connectivity index (χ4v) is 3.91. The second-order valence-corrected chi connectivity index (χ2v) is 6.41. The number of hydrogen-bond acceptors (Lipinski definition) is 5. The summed E-state index contributed by atoms with van der Waals surface area (Å²) in [5.41, 5.74) is 8.88. The SMILES string of the molecule is Nc1ccccc1-c1noc(-c2cc3c(s2)CCCC3)n1. The van der Waals surface area contributed by atoms with E-state index in [1.807, 2.05) is 24.3 Å². The minimum atomic E-state index is 0.550. The molecule has 0 bridgehead atoms. The van der Waals surface area contributed by atoms with Crippen molar-refractivity contribution < 1.29 is 4.52 Å². The van der Waals surface area contributed by atoms with Crippen LogP contribution in [0.2, 0.25) is 0 Å². The van der Waals surface area contributed by atoms with E-state index < -0.39 is 0 Å². The molecule has 2 aromatic heterocycles. The molecule has 1 aliphatic carbocycles. The van der Waals surface area contributed by atoms with Gasteiger partial charge in [-0.2, -0.15) is 4.98 Å². The van der Waals surface area contributed by atoms with Crippen molar-refractivity contribution in [3.05, 3.63) is 40.8 Å². The average molecular weight is 297 g/mol. The Morgan fingerprint density at radius 1 is 1.14 bits per heavy atom. The Hall–Kier alpha value is -2.14. The van der Waals surface area contributed by atoms with Gasteiger partial charge in [-0.1, -0.05) is 17.3 Å². The van der Waals surface area contributed by atoms with E-state index >= 15 is 0 Å². The van der Waals surface area contributed by atoms with Crippen molar-refractivity contribution >= 4 is 17.0 Å². The topological polar surface area (TPSA) is 64.9 Å². The highest BCUT2D eigenvalue weighted by Gasteiger charge is 2.18. The number of fused-ring (bicyclic) bond motifs is 1. The van der Waals surface area contributed by atoms with Crippen molar-refractivity contribution in [2.75, 3.05) is 5.73 Å². The second-order valence-electron chi connectivity index (χ2n) is 5.28. The Balaban J connectivity index is 1.71. The smallest absolute Gasteiger partial charge is 0.268 e. The Morgan fingerprint density at radius 2 is 2.00 bits per heavy atom. The van der Waals surface area contributed by atoms with E-state index in [1.54, 1.807) is 11.3 Å². The molecule has 0 unspecified atom stereocenters. The van der Waals surface area contributed by atoms with Gasteiger partial charge in [-0.05, 0) is 49.4 Å². The van der Waals surface area contributed by atoms with Crippen LogP contribution in [0.25, 0.3) is 22.2 Å². The lowest BCUT2D eigenvalue weighted by molar-refractivity contribution is 0.433. The molecule has 1 aromatic carbocycles. The molecular weight excluding hydrogens is 282 g/mol. The number of anilines is 1. The van der Waals surface area contributed by atoms with Crippen LogP contribution in [0.5, 0.6) is 0 Å². The normalized spacial score (nSPS) is 14.1. The van der Waals surface area contributed by atoms with Crippen molar-refractivity contribution in [2.24, 2.45) is 0 Å². The molecule has 0 aliphatic heterocycles. The van der Waals surface area contributed by atoms with Crippen LogP contribution in [-0.2, 0) is 12.8 Å². The summed E-state index contributed by atoms with van der Waals surface area (Å²) in [5.74, 6) is 1.14. The van der Waals surface area contributed by atoms with Crippen LogP contribution in [0.15, 0.2) is 34.9 Å². The van der Waals surface area contributed by atoms with Crippen LogP contribution in [-0.4, -0.2) is 10.1 Å². The Bertz CT molecular complexity index is 767. The first kappa shape index (κ1) is 12.6. The zero-order valence-corrected chi connectivity index (χ0v) is 12.3. The molecule has 0 radical (unpaired) electrons. The molecule has 0 fully saturated rings. The van der Waals surface area contributed by atoms with E-state index in [1.165, 1.54) is 36.1 Å². The zero-order valence-electron chi connectivity index (χ0n) is 11.5. The third kappa shape index (κ3) is 2.23. The average Bonchev–Trinajstić information content (AvgIpc) is 3.14. The van der Waals surface area contributed by atoms with Crippen molar-refractivity contribution in [3.8, 4) is 22.2 Å². The van der Waals surface area contributed by atoms with Gasteiger partial charge in [-0.3, -0.25) is 0 Å². The van der Waals surface area contributed by atoms with Gasteiger partial charge in [0.2, 0.25) is 5.82 Å². The number of nitrogen functional groups attached to an aromatic ring is 1. The van der Waals surface area contributed by atoms with Gasteiger partial charge in [0.1, 0.15) is 0 Å². The maximum Gasteiger partial charge on any atom is 0.268 e. The zero-order chi connectivity index (χ0) is 14.2. The third-order valence-corrected chi connectivity index (χ3v) is 5.06. The Morgan fingerprint density at radius 3 is 2.86 bits per heavy atom. The molecular formula is C16H15N3OS. The first-order valence-electron chi connectivity index (χ1n) is 7.12. The van der Waals surface area contributed by atoms with Gasteiger partial charge in [0.15, 0.2) is 0 Å². The molecule has 2 N–H and O–H groups in total. The first-order chi connectivity index (χ1) is 10.3. The molecule has 106 valence electrons. The molecule has 4 nitrogen and oxygen atoms in total. The molecule has 0 spiro atoms. The van der Waals surface area contributed by atoms with Crippen LogP contribution in [0.1, 0.15) is 23.3 Å². The number of para-hydroxylation sites is 1. The molecule has 21 heavy (non-hydrogen) atoms. The van der Waals surface area contributed by atoms with Crippen LogP contribution < -0.4 is 5.73 Å². The highest BCUT2D eigenvalue weighted by molar-refractivity contribution is 7.15. The van der Waals surface area contributed by atoms with E-state index in [0.29, 0.717) is 17.4 Å². The van der Waals surface area contributed by atoms with E-state index in [0.717, 1.165) is 10.4 Å². The van der Waals surface area contributed by atoms with Crippen LogP contribution in [0, 0.1) is 0 Å². The number of aryl methyl sites for hydroxylation is 2. The van der Waals surface area contributed by atoms with E-state index in [-0.39, 0.29) is 0 Å². The maximum absolute atomic E-state index is 5.96. The quantitative estimate of drug-likeness (QED) is 0.728. The fraction of sp³-hybridized carbons (Fsp3) is 0.250. The van der Waals surface area contributed by atoms with E-state index in [4.69, 9.17) is 10.3 Å². The van der Waals surface area contributed by atoms with Crippen molar-refractivity contribution in [2.45, 2.75) is 25.7 Å². The van der Waals surface area contributed by atoms with Crippen molar-refractivity contribution in [3.63, 3.8) is 0 Å². The molecule has 5 heteroatoms. The highest BCUT2D eigenvalue weighted by Crippen LogP contribution is 2.36. The van der Waals surface area contributed by atoms with Gasteiger partial charge in [-0.15, -0.1) is 11.3 Å². The predicted octanol–water partition coefficient (Wildman–Crippen LogP) is 3.93. The summed E-state index contributed by atoms with van der Waals surface area (Å²) in [6.45, 7) is 0. The number of benzene rings is 1. The molecule has 3 aromatic rings. The van der Waals surface area contributed by atoms with E-state index in [2.05, 4.69) is 16.2 Å². The minimum absolute atomic E-state index is 0.550. The number of hydrogen-bond donors (Lipinski definition) is 1. The Labute approximate surface area is 126 Å². The number of nitrogens with two attached hydrogens (primary N) is 1. The molecule has 2 heterocycles. The van der Waals surface area contributed by atoms with Crippen LogP contribution >= 0.6 is 11.3 Å². The van der Waals surface area contributed by atoms with Gasteiger partial charge >= 0.3 is 0 Å². The van der Waals surface area contributed by atoms with Gasteiger partial charge < -0.3 is 10.3 Å². The van der Waals surface area contributed by atoms with Crippen LogP contribution in [0.4, 0.5) is 5.69 Å². The van der Waals surface area contributed by atoms with Crippen LogP contribution in [0.3, 0.4) is 0 Å². The Kier molecular flexibility index (Phi) is 3.00. The lowest BCUT2D eigenvalue weighted by Gasteiger charge is -2.08. The summed E-state index contributed by atoms with van der Waals surface area (Å²) in [7, 11) is 0. The predicted molar refractivity (Wildman–Crippen MR) is 84.1 cm³/mol. The number of aromatic nitrogens is 2. The summed E-state index contributed by atoms with van der Waals surface area (Å²) in [4.78, 5) is 7.04. The van der Waals surface area contributed by atoms with Gasteiger partial charge in [-0.25, -0.2) is 0 Å². The standard InChI is InChI=1S/C16H15N3OS/c17-12-7-3-2-6-11(12)15-18-16(20-19-15)14-9-10-5-1-4-8-13(10)21-14/h2-3,6-7,9H,1,4-5,8,17H2. The molecule has 0 amide bonds. The summed E-state index contributed by atoms with van der Waals surface area (Å²) in [6.07, 6.45) is 4.90. The minimum Gasteiger partial charge on any atom is -0.398 e. The molecule has 4 rings (SSSR count). The molecule has 0 saturated heterocycles. The lowest BCUT2D eigenvalue weighted by Crippen LogP contribution is -1.96.